The average Bonchev–Trinajstić information content (AvgIpc) is 2.92. The number of hydrogen-bond acceptors (Lipinski definition) is 4. The van der Waals surface area contributed by atoms with Crippen molar-refractivity contribution in [2.45, 2.75) is 19.9 Å². The Kier molecular flexibility index (Phi) is 4.99. The number of nitrogens with two attached hydrogens (primary N) is 1. The Balaban J connectivity index is 1.77. The van der Waals surface area contributed by atoms with E-state index in [1.165, 1.54) is 0 Å². The summed E-state index contributed by atoms with van der Waals surface area (Å²) in [5.74, 6) is 1.26. The van der Waals surface area contributed by atoms with Crippen LogP contribution in [0.25, 0.3) is 0 Å². The quantitative estimate of drug-likeness (QED) is 0.859. The molecule has 1 aliphatic rings. The zero-order valence-electron chi connectivity index (χ0n) is 11.5. The summed E-state index contributed by atoms with van der Waals surface area (Å²) in [6, 6.07) is 3.89. The third-order valence-electron chi connectivity index (χ3n) is 3.66. The zero-order valence-corrected chi connectivity index (χ0v) is 11.5. The van der Waals surface area contributed by atoms with Gasteiger partial charge in [0, 0.05) is 32.1 Å². The first-order valence-electron chi connectivity index (χ1n) is 6.94. The van der Waals surface area contributed by atoms with Gasteiger partial charge in [0.2, 0.25) is 5.91 Å². The summed E-state index contributed by atoms with van der Waals surface area (Å²) >= 11 is 0. The number of amides is 1. The number of hydrogen-bond donors (Lipinski definition) is 1. The van der Waals surface area contributed by atoms with E-state index in [9.17, 15) is 4.79 Å². The molecule has 1 amide bonds. The van der Waals surface area contributed by atoms with Crippen LogP contribution in [-0.2, 0) is 11.3 Å². The minimum Gasteiger partial charge on any atom is -0.468 e. The minimum atomic E-state index is 0.0432. The van der Waals surface area contributed by atoms with Gasteiger partial charge in [0.05, 0.1) is 12.8 Å². The molecule has 106 valence electrons. The third-order valence-corrected chi connectivity index (χ3v) is 3.66. The second-order valence-corrected chi connectivity index (χ2v) is 5.16. The molecular weight excluding hydrogens is 242 g/mol. The van der Waals surface area contributed by atoms with Gasteiger partial charge in [0.15, 0.2) is 0 Å². The van der Waals surface area contributed by atoms with E-state index in [4.69, 9.17) is 10.2 Å². The Hall–Kier alpha value is -1.33. The molecule has 0 radical (unpaired) electrons. The molecular formula is C14H23N3O2. The van der Waals surface area contributed by atoms with E-state index in [-0.39, 0.29) is 11.8 Å². The Morgan fingerprint density at radius 3 is 2.74 bits per heavy atom. The Bertz CT molecular complexity index is 383. The van der Waals surface area contributed by atoms with Crippen molar-refractivity contribution in [3.05, 3.63) is 24.2 Å². The lowest BCUT2D eigenvalue weighted by Crippen LogP contribution is -2.49. The fraction of sp³-hybridized carbons (Fsp3) is 0.643. The maximum absolute atomic E-state index is 12.1. The molecule has 5 heteroatoms. The molecule has 0 saturated carbocycles. The molecule has 1 aromatic rings. The first-order valence-corrected chi connectivity index (χ1v) is 6.94. The van der Waals surface area contributed by atoms with E-state index < -0.39 is 0 Å². The molecule has 2 rings (SSSR count). The number of carbonyl (C=O) groups excluding carboxylic acids is 1. The van der Waals surface area contributed by atoms with E-state index in [0.717, 1.165) is 44.9 Å². The second-order valence-electron chi connectivity index (χ2n) is 5.16. The molecule has 0 aromatic carbocycles. The Morgan fingerprint density at radius 2 is 2.16 bits per heavy atom. The van der Waals surface area contributed by atoms with Gasteiger partial charge in [0.25, 0.3) is 0 Å². The van der Waals surface area contributed by atoms with Gasteiger partial charge in [0.1, 0.15) is 5.76 Å². The number of furan rings is 1. The van der Waals surface area contributed by atoms with Crippen LogP contribution in [0.2, 0.25) is 0 Å². The number of nitrogens with zero attached hydrogens (tertiary/aromatic N) is 2. The van der Waals surface area contributed by atoms with Gasteiger partial charge in [-0.2, -0.15) is 0 Å². The van der Waals surface area contributed by atoms with Crippen molar-refractivity contribution in [3.63, 3.8) is 0 Å². The monoisotopic (exact) mass is 265 g/mol. The van der Waals surface area contributed by atoms with Crippen molar-refractivity contribution < 1.29 is 9.21 Å². The predicted octanol–water partition coefficient (Wildman–Crippen LogP) is 0.909. The van der Waals surface area contributed by atoms with Crippen LogP contribution >= 0.6 is 0 Å². The molecule has 0 spiro atoms. The van der Waals surface area contributed by atoms with Crippen LogP contribution in [-0.4, -0.2) is 48.4 Å². The molecule has 1 fully saturated rings. The van der Waals surface area contributed by atoms with Crippen LogP contribution in [0.3, 0.4) is 0 Å². The smallest absolute Gasteiger partial charge is 0.225 e. The van der Waals surface area contributed by atoms with Crippen LogP contribution in [0, 0.1) is 5.92 Å². The number of carbonyl (C=O) groups is 1. The van der Waals surface area contributed by atoms with E-state index >= 15 is 0 Å². The van der Waals surface area contributed by atoms with Gasteiger partial charge in [-0.05, 0) is 25.1 Å². The first kappa shape index (κ1) is 14.1. The standard InChI is InChI=1S/C14H23N3O2/c1-12(4-5-15)14(18)17-8-6-16(7-9-17)11-13-3-2-10-19-13/h2-3,10,12H,4-9,11,15H2,1H3. The van der Waals surface area contributed by atoms with Gasteiger partial charge in [-0.1, -0.05) is 6.92 Å². The lowest BCUT2D eigenvalue weighted by molar-refractivity contribution is -0.137. The molecule has 1 saturated heterocycles. The van der Waals surface area contributed by atoms with E-state index in [1.807, 2.05) is 24.0 Å². The fourth-order valence-corrected chi connectivity index (χ4v) is 2.43. The largest absolute Gasteiger partial charge is 0.468 e. The van der Waals surface area contributed by atoms with Crippen LogP contribution in [0.15, 0.2) is 22.8 Å². The normalized spacial score (nSPS) is 18.5. The topological polar surface area (TPSA) is 62.7 Å². The summed E-state index contributed by atoms with van der Waals surface area (Å²) in [6.07, 6.45) is 2.47. The van der Waals surface area contributed by atoms with E-state index in [1.54, 1.807) is 6.26 Å². The van der Waals surface area contributed by atoms with Crippen LogP contribution in [0.1, 0.15) is 19.1 Å². The second kappa shape index (κ2) is 6.73. The Morgan fingerprint density at radius 1 is 1.42 bits per heavy atom. The molecule has 19 heavy (non-hydrogen) atoms. The average molecular weight is 265 g/mol. The molecule has 0 aliphatic carbocycles. The molecule has 2 N–H and O–H groups in total. The highest BCUT2D eigenvalue weighted by Gasteiger charge is 2.24. The molecule has 2 heterocycles. The lowest BCUT2D eigenvalue weighted by Gasteiger charge is -2.35. The van der Waals surface area contributed by atoms with Crippen molar-refractivity contribution in [1.29, 1.82) is 0 Å². The zero-order chi connectivity index (χ0) is 13.7. The summed E-state index contributed by atoms with van der Waals surface area (Å²) in [5, 5.41) is 0. The maximum Gasteiger partial charge on any atom is 0.225 e. The van der Waals surface area contributed by atoms with Crippen molar-refractivity contribution in [3.8, 4) is 0 Å². The first-order chi connectivity index (χ1) is 9.20. The van der Waals surface area contributed by atoms with Gasteiger partial charge in [-0.25, -0.2) is 0 Å². The van der Waals surface area contributed by atoms with Gasteiger partial charge in [-0.15, -0.1) is 0 Å². The van der Waals surface area contributed by atoms with Crippen LogP contribution < -0.4 is 5.73 Å². The summed E-state index contributed by atoms with van der Waals surface area (Å²) < 4.78 is 5.34. The van der Waals surface area contributed by atoms with Crippen molar-refractivity contribution in [1.82, 2.24) is 9.80 Å². The highest BCUT2D eigenvalue weighted by atomic mass is 16.3. The molecule has 1 unspecified atom stereocenters. The van der Waals surface area contributed by atoms with Crippen molar-refractivity contribution >= 4 is 5.91 Å². The summed E-state index contributed by atoms with van der Waals surface area (Å²) in [5.41, 5.74) is 5.51. The lowest BCUT2D eigenvalue weighted by atomic mass is 10.1. The molecule has 1 aromatic heterocycles. The minimum absolute atomic E-state index is 0.0432. The molecule has 1 aliphatic heterocycles. The summed E-state index contributed by atoms with van der Waals surface area (Å²) in [7, 11) is 0. The Labute approximate surface area is 114 Å². The fourth-order valence-electron chi connectivity index (χ4n) is 2.43. The summed E-state index contributed by atoms with van der Waals surface area (Å²) in [6.45, 7) is 6.77. The highest BCUT2D eigenvalue weighted by molar-refractivity contribution is 5.78. The SMILES string of the molecule is CC(CCN)C(=O)N1CCN(Cc2ccco2)CC1. The van der Waals surface area contributed by atoms with Crippen LogP contribution in [0.5, 0.6) is 0 Å². The van der Waals surface area contributed by atoms with Crippen molar-refractivity contribution in [2.75, 3.05) is 32.7 Å². The molecule has 0 bridgehead atoms. The number of rotatable bonds is 5. The number of piperazine rings is 1. The van der Waals surface area contributed by atoms with Gasteiger partial charge >= 0.3 is 0 Å². The maximum atomic E-state index is 12.1. The van der Waals surface area contributed by atoms with E-state index in [0.29, 0.717) is 6.54 Å². The van der Waals surface area contributed by atoms with Crippen LogP contribution in [0.4, 0.5) is 0 Å². The molecule has 5 nitrogen and oxygen atoms in total. The third kappa shape index (κ3) is 3.81. The summed E-state index contributed by atoms with van der Waals surface area (Å²) in [4.78, 5) is 16.4. The van der Waals surface area contributed by atoms with E-state index in [2.05, 4.69) is 4.90 Å². The van der Waals surface area contributed by atoms with Gasteiger partial charge in [-0.3, -0.25) is 9.69 Å². The molecule has 1 atom stereocenters. The predicted molar refractivity (Wildman–Crippen MR) is 73.4 cm³/mol. The van der Waals surface area contributed by atoms with Gasteiger partial charge < -0.3 is 15.1 Å². The van der Waals surface area contributed by atoms with Crippen molar-refractivity contribution in [2.24, 2.45) is 11.7 Å². The highest BCUT2D eigenvalue weighted by Crippen LogP contribution is 2.12.